The SMILES string of the molecule is CN1CCC2(CC1)CCN([C@@H](c1ccc(Br)cc1)C(F)(F)F)C2=O. The molecular weight excluding hydrogens is 385 g/mol. The van der Waals surface area contributed by atoms with E-state index in [1.165, 1.54) is 12.1 Å². The zero-order valence-electron chi connectivity index (χ0n) is 13.4. The van der Waals surface area contributed by atoms with Gasteiger partial charge in [0, 0.05) is 11.0 Å². The molecule has 0 aromatic heterocycles. The summed E-state index contributed by atoms with van der Waals surface area (Å²) in [6, 6.07) is 4.18. The van der Waals surface area contributed by atoms with E-state index >= 15 is 0 Å². The van der Waals surface area contributed by atoms with Gasteiger partial charge in [-0.1, -0.05) is 28.1 Å². The number of amides is 1. The van der Waals surface area contributed by atoms with Gasteiger partial charge >= 0.3 is 6.18 Å². The number of carbonyl (C=O) groups excluding carboxylic acids is 1. The molecule has 1 aromatic carbocycles. The molecule has 0 bridgehead atoms. The maximum Gasteiger partial charge on any atom is 0.413 e. The summed E-state index contributed by atoms with van der Waals surface area (Å²) in [6.07, 6.45) is -2.68. The first-order chi connectivity index (χ1) is 11.2. The molecular formula is C17H20BrF3N2O. The zero-order chi connectivity index (χ0) is 17.5. The molecule has 0 N–H and O–H groups in total. The molecule has 1 atom stereocenters. The van der Waals surface area contributed by atoms with Gasteiger partial charge in [-0.05, 0) is 57.1 Å². The van der Waals surface area contributed by atoms with Crippen LogP contribution in [-0.2, 0) is 4.79 Å². The minimum atomic E-state index is -4.49. The summed E-state index contributed by atoms with van der Waals surface area (Å²) in [6.45, 7) is 1.69. The van der Waals surface area contributed by atoms with Gasteiger partial charge in [-0.2, -0.15) is 13.2 Å². The zero-order valence-corrected chi connectivity index (χ0v) is 15.0. The molecule has 7 heteroatoms. The highest BCUT2D eigenvalue weighted by Crippen LogP contribution is 2.48. The van der Waals surface area contributed by atoms with Gasteiger partial charge < -0.3 is 9.80 Å². The van der Waals surface area contributed by atoms with Crippen LogP contribution in [0.25, 0.3) is 0 Å². The molecule has 2 saturated heterocycles. The molecule has 2 heterocycles. The summed E-state index contributed by atoms with van der Waals surface area (Å²) in [7, 11) is 1.98. The summed E-state index contributed by atoms with van der Waals surface area (Å²) in [5, 5.41) is 0. The third kappa shape index (κ3) is 3.20. The van der Waals surface area contributed by atoms with Crippen LogP contribution in [0, 0.1) is 5.41 Å². The minimum absolute atomic E-state index is 0.115. The van der Waals surface area contributed by atoms with Crippen LogP contribution in [0.15, 0.2) is 28.7 Å². The molecule has 0 aliphatic carbocycles. The van der Waals surface area contributed by atoms with E-state index in [9.17, 15) is 18.0 Å². The average molecular weight is 405 g/mol. The molecule has 1 amide bonds. The molecule has 2 aliphatic rings. The second kappa shape index (κ2) is 6.33. The fraction of sp³-hybridized carbons (Fsp3) is 0.588. The lowest BCUT2D eigenvalue weighted by atomic mass is 9.77. The lowest BCUT2D eigenvalue weighted by Crippen LogP contribution is -2.46. The number of carbonyl (C=O) groups is 1. The summed E-state index contributed by atoms with van der Waals surface area (Å²) in [4.78, 5) is 16.1. The minimum Gasteiger partial charge on any atom is -0.326 e. The normalized spacial score (nSPS) is 23.0. The van der Waals surface area contributed by atoms with Crippen molar-refractivity contribution in [1.82, 2.24) is 9.80 Å². The Balaban J connectivity index is 1.89. The Morgan fingerprint density at radius 2 is 1.62 bits per heavy atom. The first-order valence-electron chi connectivity index (χ1n) is 8.05. The van der Waals surface area contributed by atoms with E-state index in [1.807, 2.05) is 7.05 Å². The van der Waals surface area contributed by atoms with Crippen molar-refractivity contribution in [3.8, 4) is 0 Å². The quantitative estimate of drug-likeness (QED) is 0.743. The maximum absolute atomic E-state index is 13.7. The van der Waals surface area contributed by atoms with E-state index in [0.29, 0.717) is 23.7 Å². The van der Waals surface area contributed by atoms with Crippen molar-refractivity contribution in [1.29, 1.82) is 0 Å². The molecule has 0 saturated carbocycles. The van der Waals surface area contributed by atoms with Gasteiger partial charge in [-0.15, -0.1) is 0 Å². The summed E-state index contributed by atoms with van der Waals surface area (Å²) in [5.74, 6) is -0.333. The van der Waals surface area contributed by atoms with Gasteiger partial charge in [0.25, 0.3) is 0 Å². The van der Waals surface area contributed by atoms with Crippen molar-refractivity contribution in [2.75, 3.05) is 26.7 Å². The van der Waals surface area contributed by atoms with Crippen molar-refractivity contribution in [3.05, 3.63) is 34.3 Å². The number of rotatable bonds is 2. The first kappa shape index (κ1) is 17.7. The number of piperidine rings is 1. The molecule has 24 heavy (non-hydrogen) atoms. The number of hydrogen-bond donors (Lipinski definition) is 0. The van der Waals surface area contributed by atoms with E-state index in [1.54, 1.807) is 12.1 Å². The topological polar surface area (TPSA) is 23.6 Å². The fourth-order valence-corrected chi connectivity index (χ4v) is 4.06. The predicted octanol–water partition coefficient (Wildman–Crippen LogP) is 4.00. The van der Waals surface area contributed by atoms with E-state index < -0.39 is 17.6 Å². The molecule has 2 aliphatic heterocycles. The highest BCUT2D eigenvalue weighted by molar-refractivity contribution is 9.10. The molecule has 0 radical (unpaired) electrons. The van der Waals surface area contributed by atoms with Crippen molar-refractivity contribution in [2.24, 2.45) is 5.41 Å². The number of likely N-dealkylation sites (tertiary alicyclic amines) is 2. The van der Waals surface area contributed by atoms with Crippen LogP contribution in [0.5, 0.6) is 0 Å². The van der Waals surface area contributed by atoms with Gasteiger partial charge in [-0.3, -0.25) is 4.79 Å². The number of nitrogens with zero attached hydrogens (tertiary/aromatic N) is 2. The lowest BCUT2D eigenvalue weighted by Gasteiger charge is -2.37. The molecule has 3 rings (SSSR count). The third-order valence-electron chi connectivity index (χ3n) is 5.30. The van der Waals surface area contributed by atoms with Crippen molar-refractivity contribution in [3.63, 3.8) is 0 Å². The van der Waals surface area contributed by atoms with E-state index in [2.05, 4.69) is 20.8 Å². The maximum atomic E-state index is 13.7. The number of hydrogen-bond acceptors (Lipinski definition) is 2. The lowest BCUT2D eigenvalue weighted by molar-refractivity contribution is -0.191. The van der Waals surface area contributed by atoms with Crippen LogP contribution in [0.1, 0.15) is 30.9 Å². The fourth-order valence-electron chi connectivity index (χ4n) is 3.80. The Labute approximate surface area is 147 Å². The van der Waals surface area contributed by atoms with Crippen LogP contribution in [-0.4, -0.2) is 48.6 Å². The van der Waals surface area contributed by atoms with E-state index in [-0.39, 0.29) is 18.0 Å². The standard InChI is InChI=1S/C17H20BrF3N2O/c1-22-9-6-16(7-10-22)8-11-23(15(16)24)14(17(19,20)21)12-2-4-13(18)5-3-12/h2-5,14H,6-11H2,1H3/t14-/m0/s1. The van der Waals surface area contributed by atoms with Crippen molar-refractivity contribution in [2.45, 2.75) is 31.5 Å². The van der Waals surface area contributed by atoms with Gasteiger partial charge in [0.1, 0.15) is 0 Å². The van der Waals surface area contributed by atoms with Crippen LogP contribution in [0.3, 0.4) is 0 Å². The van der Waals surface area contributed by atoms with Crippen LogP contribution in [0.2, 0.25) is 0 Å². The van der Waals surface area contributed by atoms with Gasteiger partial charge in [0.05, 0.1) is 5.41 Å². The third-order valence-corrected chi connectivity index (χ3v) is 5.83. The van der Waals surface area contributed by atoms with Gasteiger partial charge in [0.15, 0.2) is 6.04 Å². The molecule has 132 valence electrons. The second-order valence-corrected chi connectivity index (χ2v) is 7.74. The Bertz CT molecular complexity index is 609. The largest absolute Gasteiger partial charge is 0.413 e. The van der Waals surface area contributed by atoms with Crippen LogP contribution < -0.4 is 0 Å². The van der Waals surface area contributed by atoms with Crippen LogP contribution in [0.4, 0.5) is 13.2 Å². The number of halogens is 4. The molecule has 3 nitrogen and oxygen atoms in total. The van der Waals surface area contributed by atoms with E-state index in [0.717, 1.165) is 18.0 Å². The predicted molar refractivity (Wildman–Crippen MR) is 88.4 cm³/mol. The monoisotopic (exact) mass is 404 g/mol. The van der Waals surface area contributed by atoms with Crippen LogP contribution >= 0.6 is 15.9 Å². The summed E-state index contributed by atoms with van der Waals surface area (Å²) >= 11 is 3.24. The summed E-state index contributed by atoms with van der Waals surface area (Å²) in [5.41, 5.74) is -0.491. The second-order valence-electron chi connectivity index (χ2n) is 6.83. The van der Waals surface area contributed by atoms with Crippen molar-refractivity contribution < 1.29 is 18.0 Å². The first-order valence-corrected chi connectivity index (χ1v) is 8.84. The van der Waals surface area contributed by atoms with Gasteiger partial charge in [0.2, 0.25) is 5.91 Å². The van der Waals surface area contributed by atoms with Crippen molar-refractivity contribution >= 4 is 21.8 Å². The molecule has 1 aromatic rings. The number of alkyl halides is 3. The smallest absolute Gasteiger partial charge is 0.326 e. The Morgan fingerprint density at radius 3 is 2.17 bits per heavy atom. The van der Waals surface area contributed by atoms with Gasteiger partial charge in [-0.25, -0.2) is 0 Å². The van der Waals surface area contributed by atoms with E-state index in [4.69, 9.17) is 0 Å². The molecule has 2 fully saturated rings. The molecule has 1 spiro atoms. The average Bonchev–Trinajstić information content (AvgIpc) is 2.81. The number of benzene rings is 1. The Hall–Kier alpha value is -1.08. The Kier molecular flexibility index (Phi) is 4.68. The summed E-state index contributed by atoms with van der Waals surface area (Å²) < 4.78 is 41.9. The Morgan fingerprint density at radius 1 is 1.08 bits per heavy atom. The highest BCUT2D eigenvalue weighted by Gasteiger charge is 2.55. The molecule has 0 unspecified atom stereocenters. The highest BCUT2D eigenvalue weighted by atomic mass is 79.9.